The molecule has 27 heavy (non-hydrogen) atoms. The molecule has 0 atom stereocenters. The van der Waals surface area contributed by atoms with Crippen LogP contribution in [-0.2, 0) is 4.79 Å². The molecule has 0 bridgehead atoms. The molecule has 1 N–H and O–H groups in total. The van der Waals surface area contributed by atoms with Gasteiger partial charge in [-0.25, -0.2) is 0 Å². The standard InChI is InChI=1S/C19H18Cl3N3O2/c20-14-3-1-2-13(10-14)19(27)25-8-6-24(7-9-25)12-18(26)23-17-5-4-15(21)11-16(17)22/h1-5,10-11H,6-9,12H2,(H,23,26). The van der Waals surface area contributed by atoms with Crippen molar-refractivity contribution in [1.82, 2.24) is 9.80 Å². The van der Waals surface area contributed by atoms with Gasteiger partial charge in [0.05, 0.1) is 17.3 Å². The van der Waals surface area contributed by atoms with Crippen molar-refractivity contribution in [2.75, 3.05) is 38.0 Å². The van der Waals surface area contributed by atoms with Crippen LogP contribution in [0.3, 0.4) is 0 Å². The van der Waals surface area contributed by atoms with Gasteiger partial charge in [-0.05, 0) is 36.4 Å². The SMILES string of the molecule is O=C(CN1CCN(C(=O)c2cccc(Cl)c2)CC1)Nc1ccc(Cl)cc1Cl. The summed E-state index contributed by atoms with van der Waals surface area (Å²) in [4.78, 5) is 28.6. The van der Waals surface area contributed by atoms with E-state index >= 15 is 0 Å². The van der Waals surface area contributed by atoms with Gasteiger partial charge in [-0.15, -0.1) is 0 Å². The van der Waals surface area contributed by atoms with Gasteiger partial charge < -0.3 is 10.2 Å². The lowest BCUT2D eigenvalue weighted by molar-refractivity contribution is -0.117. The summed E-state index contributed by atoms with van der Waals surface area (Å²) in [5, 5.41) is 4.23. The van der Waals surface area contributed by atoms with Crippen LogP contribution in [0.5, 0.6) is 0 Å². The summed E-state index contributed by atoms with van der Waals surface area (Å²) in [6, 6.07) is 11.8. The minimum absolute atomic E-state index is 0.0467. The van der Waals surface area contributed by atoms with E-state index in [0.717, 1.165) is 0 Å². The molecule has 2 aromatic carbocycles. The number of hydrogen-bond acceptors (Lipinski definition) is 3. The maximum Gasteiger partial charge on any atom is 0.253 e. The normalized spacial score (nSPS) is 14.9. The third-order valence-corrected chi connectivity index (χ3v) is 5.09. The van der Waals surface area contributed by atoms with Crippen LogP contribution in [-0.4, -0.2) is 54.3 Å². The Morgan fingerprint density at radius 3 is 2.30 bits per heavy atom. The Kier molecular flexibility index (Phi) is 6.60. The number of piperazine rings is 1. The predicted octanol–water partition coefficient (Wildman–Crippen LogP) is 4.04. The molecule has 8 heteroatoms. The Morgan fingerprint density at radius 2 is 1.63 bits per heavy atom. The Bertz CT molecular complexity index is 852. The first kappa shape index (κ1) is 20.0. The molecule has 1 saturated heterocycles. The number of amides is 2. The zero-order valence-corrected chi connectivity index (χ0v) is 16.7. The molecule has 0 aliphatic carbocycles. The van der Waals surface area contributed by atoms with E-state index in [9.17, 15) is 9.59 Å². The number of rotatable bonds is 4. The highest BCUT2D eigenvalue weighted by Crippen LogP contribution is 2.25. The smallest absolute Gasteiger partial charge is 0.253 e. The summed E-state index contributed by atoms with van der Waals surface area (Å²) in [7, 11) is 0. The van der Waals surface area contributed by atoms with E-state index in [4.69, 9.17) is 34.8 Å². The van der Waals surface area contributed by atoms with Crippen molar-refractivity contribution in [3.63, 3.8) is 0 Å². The maximum atomic E-state index is 12.5. The van der Waals surface area contributed by atoms with Gasteiger partial charge in [-0.1, -0.05) is 40.9 Å². The van der Waals surface area contributed by atoms with Gasteiger partial charge in [0.2, 0.25) is 5.91 Å². The number of carbonyl (C=O) groups excluding carboxylic acids is 2. The summed E-state index contributed by atoms with van der Waals surface area (Å²) in [5.41, 5.74) is 1.10. The van der Waals surface area contributed by atoms with Crippen molar-refractivity contribution in [3.05, 3.63) is 63.1 Å². The third-order valence-electron chi connectivity index (χ3n) is 4.30. The summed E-state index contributed by atoms with van der Waals surface area (Å²) in [6.45, 7) is 2.58. The number of benzene rings is 2. The number of hydrogen-bond donors (Lipinski definition) is 1. The number of anilines is 1. The van der Waals surface area contributed by atoms with Crippen molar-refractivity contribution >= 4 is 52.3 Å². The van der Waals surface area contributed by atoms with E-state index in [0.29, 0.717) is 52.5 Å². The zero-order chi connectivity index (χ0) is 19.4. The van der Waals surface area contributed by atoms with E-state index in [2.05, 4.69) is 5.32 Å². The second-order valence-corrected chi connectivity index (χ2v) is 7.53. The molecule has 0 radical (unpaired) electrons. The quantitative estimate of drug-likeness (QED) is 0.802. The van der Waals surface area contributed by atoms with Crippen LogP contribution in [0, 0.1) is 0 Å². The molecular formula is C19H18Cl3N3O2. The molecule has 3 rings (SSSR count). The van der Waals surface area contributed by atoms with Crippen LogP contribution in [0.2, 0.25) is 15.1 Å². The molecule has 1 aliphatic heterocycles. The van der Waals surface area contributed by atoms with Crippen molar-refractivity contribution < 1.29 is 9.59 Å². The molecule has 2 amide bonds. The van der Waals surface area contributed by atoms with E-state index in [-0.39, 0.29) is 18.4 Å². The molecule has 2 aromatic rings. The average molecular weight is 427 g/mol. The monoisotopic (exact) mass is 425 g/mol. The number of nitrogens with zero attached hydrogens (tertiary/aromatic N) is 2. The highest BCUT2D eigenvalue weighted by molar-refractivity contribution is 6.36. The molecule has 0 saturated carbocycles. The van der Waals surface area contributed by atoms with Crippen molar-refractivity contribution in [1.29, 1.82) is 0 Å². The van der Waals surface area contributed by atoms with Crippen molar-refractivity contribution in [2.24, 2.45) is 0 Å². The zero-order valence-electron chi connectivity index (χ0n) is 14.4. The number of carbonyl (C=O) groups is 2. The fourth-order valence-corrected chi connectivity index (χ4v) is 3.54. The van der Waals surface area contributed by atoms with E-state index in [1.54, 1.807) is 47.4 Å². The van der Waals surface area contributed by atoms with Gasteiger partial charge >= 0.3 is 0 Å². The molecule has 1 heterocycles. The van der Waals surface area contributed by atoms with Gasteiger partial charge in [-0.3, -0.25) is 14.5 Å². The average Bonchev–Trinajstić information content (AvgIpc) is 2.64. The first-order chi connectivity index (χ1) is 12.9. The van der Waals surface area contributed by atoms with Gasteiger partial charge in [0, 0.05) is 41.8 Å². The molecule has 1 aliphatic rings. The third kappa shape index (κ3) is 5.36. The second-order valence-electron chi connectivity index (χ2n) is 6.25. The van der Waals surface area contributed by atoms with Crippen LogP contribution >= 0.6 is 34.8 Å². The van der Waals surface area contributed by atoms with Gasteiger partial charge in [0.1, 0.15) is 0 Å². The Hall–Kier alpha value is -1.79. The van der Waals surface area contributed by atoms with Crippen LogP contribution in [0.15, 0.2) is 42.5 Å². The maximum absolute atomic E-state index is 12.5. The Balaban J connectivity index is 1.50. The lowest BCUT2D eigenvalue weighted by Gasteiger charge is -2.34. The summed E-state index contributed by atoms with van der Waals surface area (Å²) >= 11 is 17.9. The highest BCUT2D eigenvalue weighted by atomic mass is 35.5. The lowest BCUT2D eigenvalue weighted by atomic mass is 10.2. The lowest BCUT2D eigenvalue weighted by Crippen LogP contribution is -2.50. The minimum atomic E-state index is -0.158. The summed E-state index contributed by atoms with van der Waals surface area (Å²) < 4.78 is 0. The van der Waals surface area contributed by atoms with Crippen molar-refractivity contribution in [3.8, 4) is 0 Å². The highest BCUT2D eigenvalue weighted by Gasteiger charge is 2.23. The van der Waals surface area contributed by atoms with Gasteiger partial charge in [-0.2, -0.15) is 0 Å². The molecule has 5 nitrogen and oxygen atoms in total. The first-order valence-corrected chi connectivity index (χ1v) is 9.58. The first-order valence-electron chi connectivity index (χ1n) is 8.44. The van der Waals surface area contributed by atoms with Gasteiger partial charge in [0.15, 0.2) is 0 Å². The van der Waals surface area contributed by atoms with Crippen LogP contribution < -0.4 is 5.32 Å². The van der Waals surface area contributed by atoms with E-state index in [1.165, 1.54) is 0 Å². The van der Waals surface area contributed by atoms with Crippen LogP contribution in [0.1, 0.15) is 10.4 Å². The molecule has 0 spiro atoms. The van der Waals surface area contributed by atoms with Crippen molar-refractivity contribution in [2.45, 2.75) is 0 Å². The second kappa shape index (κ2) is 8.93. The van der Waals surface area contributed by atoms with Crippen LogP contribution in [0.25, 0.3) is 0 Å². The van der Waals surface area contributed by atoms with Crippen LogP contribution in [0.4, 0.5) is 5.69 Å². The summed E-state index contributed by atoms with van der Waals surface area (Å²) in [6.07, 6.45) is 0. The van der Waals surface area contributed by atoms with Gasteiger partial charge in [0.25, 0.3) is 5.91 Å². The fourth-order valence-electron chi connectivity index (χ4n) is 2.90. The number of halogens is 3. The molecule has 142 valence electrons. The van der Waals surface area contributed by atoms with E-state index in [1.807, 2.05) is 4.90 Å². The Labute approximate surface area is 172 Å². The fraction of sp³-hybridized carbons (Fsp3) is 0.263. The largest absolute Gasteiger partial charge is 0.336 e. The number of nitrogens with one attached hydrogen (secondary N) is 1. The molecular weight excluding hydrogens is 409 g/mol. The Morgan fingerprint density at radius 1 is 0.926 bits per heavy atom. The molecule has 1 fully saturated rings. The minimum Gasteiger partial charge on any atom is -0.336 e. The molecule has 0 aromatic heterocycles. The predicted molar refractivity (Wildman–Crippen MR) is 109 cm³/mol. The molecule has 0 unspecified atom stereocenters. The topological polar surface area (TPSA) is 52.7 Å². The summed E-state index contributed by atoms with van der Waals surface area (Å²) in [5.74, 6) is -0.205. The van der Waals surface area contributed by atoms with E-state index < -0.39 is 0 Å².